The lowest BCUT2D eigenvalue weighted by atomic mass is 9.96. The number of carboxylic acid groups (broad SMARTS) is 1. The van der Waals surface area contributed by atoms with Gasteiger partial charge in [-0.3, -0.25) is 4.79 Å². The summed E-state index contributed by atoms with van der Waals surface area (Å²) in [6, 6.07) is 5.77. The molecule has 0 unspecified atom stereocenters. The van der Waals surface area contributed by atoms with Crippen molar-refractivity contribution in [3.8, 4) is 11.5 Å². The van der Waals surface area contributed by atoms with E-state index in [1.54, 1.807) is 23.9 Å². The number of thioether (sulfide) groups is 1. The lowest BCUT2D eigenvalue weighted by molar-refractivity contribution is -0.136. The van der Waals surface area contributed by atoms with Gasteiger partial charge >= 0.3 is 5.97 Å². The minimum atomic E-state index is -0.965. The predicted octanol–water partition coefficient (Wildman–Crippen LogP) is 4.22. The van der Waals surface area contributed by atoms with Crippen LogP contribution in [0.25, 0.3) is 16.4 Å². The summed E-state index contributed by atoms with van der Waals surface area (Å²) in [6.45, 7) is 4.22. The summed E-state index contributed by atoms with van der Waals surface area (Å²) in [5.41, 5.74) is 1.05. The molecule has 0 spiro atoms. The van der Waals surface area contributed by atoms with Crippen LogP contribution in [0.4, 0.5) is 4.39 Å². The number of halogens is 1. The number of aromatic nitrogens is 1. The molecule has 3 rings (SSSR count). The van der Waals surface area contributed by atoms with Gasteiger partial charge in [-0.2, -0.15) is 0 Å². The lowest BCUT2D eigenvalue weighted by Crippen LogP contribution is -2.05. The molecule has 0 bridgehead atoms. The molecule has 0 amide bonds. The lowest BCUT2D eigenvalue weighted by Gasteiger charge is -2.10. The van der Waals surface area contributed by atoms with E-state index < -0.39 is 5.97 Å². The average molecular weight is 333 g/mol. The van der Waals surface area contributed by atoms with Crippen LogP contribution < -0.4 is 0 Å². The maximum absolute atomic E-state index is 13.0. The topological polar surface area (TPSA) is 63.3 Å². The SMILES string of the molecule is CC1(C)C=C(c2oc(-c3ccc(F)cc3)nc2CC(=O)O)SC1. The van der Waals surface area contributed by atoms with Crippen LogP contribution in [0.2, 0.25) is 0 Å². The Morgan fingerprint density at radius 3 is 2.65 bits per heavy atom. The van der Waals surface area contributed by atoms with Crippen molar-refractivity contribution in [2.75, 3.05) is 5.75 Å². The highest BCUT2D eigenvalue weighted by Gasteiger charge is 2.29. The number of hydrogen-bond donors (Lipinski definition) is 1. The van der Waals surface area contributed by atoms with Gasteiger partial charge in [-0.15, -0.1) is 11.8 Å². The van der Waals surface area contributed by atoms with Crippen molar-refractivity contribution in [2.24, 2.45) is 5.41 Å². The van der Waals surface area contributed by atoms with Crippen LogP contribution >= 0.6 is 11.8 Å². The number of hydrogen-bond acceptors (Lipinski definition) is 4. The molecular formula is C17H16FNO3S. The average Bonchev–Trinajstić information content (AvgIpc) is 3.02. The van der Waals surface area contributed by atoms with E-state index in [4.69, 9.17) is 9.52 Å². The van der Waals surface area contributed by atoms with Crippen molar-refractivity contribution in [1.29, 1.82) is 0 Å². The van der Waals surface area contributed by atoms with Gasteiger partial charge in [-0.05, 0) is 29.7 Å². The molecule has 6 heteroatoms. The summed E-state index contributed by atoms with van der Waals surface area (Å²) < 4.78 is 18.9. The molecule has 1 aromatic heterocycles. The second kappa shape index (κ2) is 5.85. The van der Waals surface area contributed by atoms with Crippen LogP contribution in [0.1, 0.15) is 25.3 Å². The summed E-state index contributed by atoms with van der Waals surface area (Å²) in [5.74, 6) is 0.404. The Kier molecular flexibility index (Phi) is 4.02. The number of carbonyl (C=O) groups is 1. The van der Waals surface area contributed by atoms with Crippen LogP contribution in [0.3, 0.4) is 0 Å². The van der Waals surface area contributed by atoms with Crippen LogP contribution in [-0.4, -0.2) is 21.8 Å². The van der Waals surface area contributed by atoms with Gasteiger partial charge in [0, 0.05) is 16.2 Å². The van der Waals surface area contributed by atoms with Gasteiger partial charge in [0.1, 0.15) is 5.82 Å². The van der Waals surface area contributed by atoms with Gasteiger partial charge in [0.05, 0.1) is 12.1 Å². The Morgan fingerprint density at radius 2 is 2.09 bits per heavy atom. The Labute approximate surface area is 137 Å². The van der Waals surface area contributed by atoms with Crippen molar-refractivity contribution >= 4 is 22.6 Å². The number of rotatable bonds is 4. The quantitative estimate of drug-likeness (QED) is 0.907. The van der Waals surface area contributed by atoms with E-state index in [1.165, 1.54) is 12.1 Å². The highest BCUT2D eigenvalue weighted by Crippen LogP contribution is 2.45. The molecule has 120 valence electrons. The number of aliphatic carboxylic acids is 1. The van der Waals surface area contributed by atoms with E-state index in [9.17, 15) is 9.18 Å². The van der Waals surface area contributed by atoms with Crippen LogP contribution in [0.15, 0.2) is 34.8 Å². The molecule has 0 atom stereocenters. The first-order chi connectivity index (χ1) is 10.8. The molecule has 1 aliphatic heterocycles. The highest BCUT2D eigenvalue weighted by molar-refractivity contribution is 8.08. The molecule has 23 heavy (non-hydrogen) atoms. The third-order valence-electron chi connectivity index (χ3n) is 3.45. The van der Waals surface area contributed by atoms with Crippen molar-refractivity contribution < 1.29 is 18.7 Å². The monoisotopic (exact) mass is 333 g/mol. The summed E-state index contributed by atoms with van der Waals surface area (Å²) in [7, 11) is 0. The zero-order valence-electron chi connectivity index (χ0n) is 12.8. The maximum Gasteiger partial charge on any atom is 0.309 e. The van der Waals surface area contributed by atoms with E-state index in [-0.39, 0.29) is 17.7 Å². The van der Waals surface area contributed by atoms with Gasteiger partial charge in [0.2, 0.25) is 5.89 Å². The molecule has 4 nitrogen and oxygen atoms in total. The second-order valence-electron chi connectivity index (χ2n) is 6.16. The number of carboxylic acids is 1. The maximum atomic E-state index is 13.0. The first kappa shape index (κ1) is 15.8. The van der Waals surface area contributed by atoms with Gasteiger partial charge in [-0.1, -0.05) is 19.9 Å². The smallest absolute Gasteiger partial charge is 0.309 e. The third kappa shape index (κ3) is 3.47. The predicted molar refractivity (Wildman–Crippen MR) is 87.5 cm³/mol. The fourth-order valence-electron chi connectivity index (χ4n) is 2.36. The molecule has 0 saturated carbocycles. The van der Waals surface area contributed by atoms with E-state index >= 15 is 0 Å². The number of oxazole rings is 1. The number of benzene rings is 1. The second-order valence-corrected chi connectivity index (χ2v) is 7.18. The largest absolute Gasteiger partial charge is 0.481 e. The molecule has 0 saturated heterocycles. The minimum Gasteiger partial charge on any atom is -0.481 e. The van der Waals surface area contributed by atoms with Crippen molar-refractivity contribution in [1.82, 2.24) is 4.98 Å². The molecule has 1 aliphatic rings. The summed E-state index contributed by atoms with van der Waals surface area (Å²) in [4.78, 5) is 16.3. The van der Waals surface area contributed by atoms with Crippen molar-refractivity contribution in [3.63, 3.8) is 0 Å². The van der Waals surface area contributed by atoms with Crippen molar-refractivity contribution in [3.05, 3.63) is 47.6 Å². The Balaban J connectivity index is 2.04. The van der Waals surface area contributed by atoms with Gasteiger partial charge < -0.3 is 9.52 Å². The Hall–Kier alpha value is -2.08. The fraction of sp³-hybridized carbons (Fsp3) is 0.294. The van der Waals surface area contributed by atoms with Gasteiger partial charge in [0.25, 0.3) is 0 Å². The van der Waals surface area contributed by atoms with E-state index in [2.05, 4.69) is 24.9 Å². The van der Waals surface area contributed by atoms with E-state index in [0.717, 1.165) is 10.7 Å². The number of allylic oxidation sites excluding steroid dienone is 1. The van der Waals surface area contributed by atoms with Gasteiger partial charge in [0.15, 0.2) is 5.76 Å². The zero-order valence-corrected chi connectivity index (χ0v) is 13.6. The zero-order chi connectivity index (χ0) is 16.6. The molecule has 0 radical (unpaired) electrons. The first-order valence-corrected chi connectivity index (χ1v) is 8.16. The number of nitrogens with zero attached hydrogens (tertiary/aromatic N) is 1. The molecule has 2 aromatic rings. The highest BCUT2D eigenvalue weighted by atomic mass is 32.2. The molecular weight excluding hydrogens is 317 g/mol. The van der Waals surface area contributed by atoms with Gasteiger partial charge in [-0.25, -0.2) is 9.37 Å². The van der Waals surface area contributed by atoms with Crippen molar-refractivity contribution in [2.45, 2.75) is 20.3 Å². The molecule has 1 N–H and O–H groups in total. The standard InChI is InChI=1S/C17H16FNO3S/c1-17(2)8-13(23-9-17)15-12(7-14(20)21)19-16(22-15)10-3-5-11(18)6-4-10/h3-6,8H,7,9H2,1-2H3,(H,20,21). The van der Waals surface area contributed by atoms with Crippen LogP contribution in [0.5, 0.6) is 0 Å². The van der Waals surface area contributed by atoms with Crippen LogP contribution in [0, 0.1) is 11.2 Å². The molecule has 0 aliphatic carbocycles. The minimum absolute atomic E-state index is 0.0311. The third-order valence-corrected chi connectivity index (χ3v) is 4.96. The Morgan fingerprint density at radius 1 is 1.39 bits per heavy atom. The molecule has 1 aromatic carbocycles. The fourth-order valence-corrected chi connectivity index (χ4v) is 3.66. The van der Waals surface area contributed by atoms with E-state index in [1.807, 2.05) is 0 Å². The normalized spacial score (nSPS) is 16.4. The van der Waals surface area contributed by atoms with E-state index in [0.29, 0.717) is 22.9 Å². The van der Waals surface area contributed by atoms with Crippen LogP contribution in [-0.2, 0) is 11.2 Å². The molecule has 0 fully saturated rings. The molecule has 2 heterocycles. The Bertz CT molecular complexity index is 778. The summed E-state index contributed by atoms with van der Waals surface area (Å²) in [5, 5.41) is 9.10. The first-order valence-electron chi connectivity index (χ1n) is 7.17. The summed E-state index contributed by atoms with van der Waals surface area (Å²) in [6.07, 6.45) is 1.87. The summed E-state index contributed by atoms with van der Waals surface area (Å²) >= 11 is 1.63.